The zero-order chi connectivity index (χ0) is 23.0. The number of carbonyl (C=O) groups is 2. The third-order valence-corrected chi connectivity index (χ3v) is 4.65. The fourth-order valence-electron chi connectivity index (χ4n) is 3.42. The van der Waals surface area contributed by atoms with Crippen molar-refractivity contribution >= 4 is 29.1 Å². The molecule has 3 N–H and O–H groups in total. The van der Waals surface area contributed by atoms with Crippen molar-refractivity contribution in [2.45, 2.75) is 47.0 Å². The molecule has 0 aliphatic rings. The highest BCUT2D eigenvalue weighted by molar-refractivity contribution is 6.01. The number of rotatable bonds is 10. The number of carboxylic acid groups (broad SMARTS) is 1. The lowest BCUT2D eigenvalue weighted by molar-refractivity contribution is -0.137. The van der Waals surface area contributed by atoms with Crippen molar-refractivity contribution in [1.82, 2.24) is 9.97 Å². The molecule has 31 heavy (non-hydrogen) atoms. The van der Waals surface area contributed by atoms with Gasteiger partial charge in [-0.15, -0.1) is 0 Å². The summed E-state index contributed by atoms with van der Waals surface area (Å²) in [6, 6.07) is 5.38. The van der Waals surface area contributed by atoms with Crippen molar-refractivity contribution in [2.24, 2.45) is 11.8 Å². The molecule has 0 spiro atoms. The number of benzene rings is 1. The van der Waals surface area contributed by atoms with Gasteiger partial charge in [0.15, 0.2) is 0 Å². The van der Waals surface area contributed by atoms with E-state index in [1.54, 1.807) is 0 Å². The minimum Gasteiger partial charge on any atom is -0.481 e. The maximum atomic E-state index is 12.7. The smallest absolute Gasteiger partial charge is 0.323 e. The van der Waals surface area contributed by atoms with Crippen LogP contribution in [0.5, 0.6) is 0 Å². The molecule has 1 aromatic heterocycles. The first-order chi connectivity index (χ1) is 14.7. The first-order valence-electron chi connectivity index (χ1n) is 10.6. The van der Waals surface area contributed by atoms with Gasteiger partial charge in [0, 0.05) is 13.1 Å². The van der Waals surface area contributed by atoms with Crippen LogP contribution in [0.4, 0.5) is 21.9 Å². The highest BCUT2D eigenvalue weighted by Crippen LogP contribution is 2.32. The first kappa shape index (κ1) is 24.1. The molecule has 1 atom stereocenters. The first-order valence-corrected chi connectivity index (χ1v) is 10.6. The van der Waals surface area contributed by atoms with Gasteiger partial charge in [0.2, 0.25) is 0 Å². The van der Waals surface area contributed by atoms with Crippen LogP contribution < -0.4 is 15.5 Å². The van der Waals surface area contributed by atoms with Crippen molar-refractivity contribution in [1.29, 1.82) is 0 Å². The summed E-state index contributed by atoms with van der Waals surface area (Å²) >= 11 is 0. The van der Waals surface area contributed by atoms with E-state index in [4.69, 9.17) is 5.11 Å². The molecule has 2 aromatic rings. The van der Waals surface area contributed by atoms with E-state index in [1.807, 2.05) is 25.1 Å². The zero-order valence-corrected chi connectivity index (χ0v) is 18.9. The van der Waals surface area contributed by atoms with E-state index in [0.717, 1.165) is 24.3 Å². The van der Waals surface area contributed by atoms with Crippen molar-refractivity contribution < 1.29 is 14.7 Å². The van der Waals surface area contributed by atoms with E-state index in [-0.39, 0.29) is 12.3 Å². The number of urea groups is 1. The maximum absolute atomic E-state index is 12.7. The van der Waals surface area contributed by atoms with E-state index >= 15 is 0 Å². The monoisotopic (exact) mass is 427 g/mol. The summed E-state index contributed by atoms with van der Waals surface area (Å²) in [5.41, 5.74) is 2.90. The number of aromatic nitrogens is 2. The molecule has 8 nitrogen and oxygen atoms in total. The van der Waals surface area contributed by atoms with Crippen LogP contribution in [0.2, 0.25) is 0 Å². The van der Waals surface area contributed by atoms with E-state index < -0.39 is 12.0 Å². The Balaban J connectivity index is 2.37. The second-order valence-corrected chi connectivity index (χ2v) is 8.67. The topological polar surface area (TPSA) is 107 Å². The van der Waals surface area contributed by atoms with Gasteiger partial charge in [0.05, 0.1) is 35.9 Å². The van der Waals surface area contributed by atoms with Gasteiger partial charge in [-0.3, -0.25) is 4.79 Å². The lowest BCUT2D eigenvalue weighted by atomic mass is 9.96. The number of anilines is 3. The van der Waals surface area contributed by atoms with Gasteiger partial charge >= 0.3 is 12.0 Å². The summed E-state index contributed by atoms with van der Waals surface area (Å²) in [5.74, 6) is -0.157. The molecule has 0 aliphatic heterocycles. The summed E-state index contributed by atoms with van der Waals surface area (Å²) in [5, 5.41) is 14.8. The SMILES string of the molecule is CC(C)CN(CC(C)C)c1ccc([C@H](C)CC(=O)O)cc1NC(=O)Nc1cncnc1. The second-order valence-electron chi connectivity index (χ2n) is 8.67. The number of aliphatic carboxylic acids is 1. The molecule has 8 heteroatoms. The number of carbonyl (C=O) groups excluding carboxylic acids is 1. The van der Waals surface area contributed by atoms with Crippen LogP contribution in [0.25, 0.3) is 0 Å². The van der Waals surface area contributed by atoms with Crippen LogP contribution in [0.1, 0.15) is 52.5 Å². The molecule has 2 rings (SSSR count). The molecule has 0 unspecified atom stereocenters. The lowest BCUT2D eigenvalue weighted by Gasteiger charge is -2.31. The molecule has 1 aromatic carbocycles. The second kappa shape index (κ2) is 11.3. The van der Waals surface area contributed by atoms with Crippen LogP contribution in [0, 0.1) is 11.8 Å². The van der Waals surface area contributed by atoms with Gasteiger partial charge in [-0.05, 0) is 35.4 Å². The number of hydrogen-bond donors (Lipinski definition) is 3. The fraction of sp³-hybridized carbons (Fsp3) is 0.478. The Labute approximate surface area is 184 Å². The number of nitrogens with one attached hydrogen (secondary N) is 2. The third-order valence-electron chi connectivity index (χ3n) is 4.65. The molecule has 0 fully saturated rings. The summed E-state index contributed by atoms with van der Waals surface area (Å²) in [4.78, 5) is 33.9. The van der Waals surface area contributed by atoms with Gasteiger partial charge in [-0.2, -0.15) is 0 Å². The number of amides is 2. The van der Waals surface area contributed by atoms with Crippen molar-refractivity contribution in [2.75, 3.05) is 28.6 Å². The summed E-state index contributed by atoms with van der Waals surface area (Å²) < 4.78 is 0. The minimum absolute atomic E-state index is 0.0219. The predicted octanol–water partition coefficient (Wildman–Crippen LogP) is 4.82. The standard InChI is InChI=1S/C23H33N5O3/c1-15(2)12-28(13-16(3)4)21-7-6-18(17(5)8-22(29)30)9-20(21)27-23(31)26-19-10-24-14-25-11-19/h6-7,9-11,14-17H,8,12-13H2,1-5H3,(H,29,30)(H2,26,27,31)/t17-/m1/s1. The molecule has 0 bridgehead atoms. The number of hydrogen-bond acceptors (Lipinski definition) is 5. The van der Waals surface area contributed by atoms with E-state index in [1.165, 1.54) is 18.7 Å². The van der Waals surface area contributed by atoms with Crippen molar-refractivity contribution in [3.8, 4) is 0 Å². The Hall–Kier alpha value is -3.16. The van der Waals surface area contributed by atoms with Crippen LogP contribution in [-0.2, 0) is 4.79 Å². The Morgan fingerprint density at radius 3 is 2.16 bits per heavy atom. The van der Waals surface area contributed by atoms with Gasteiger partial charge in [-0.25, -0.2) is 14.8 Å². The van der Waals surface area contributed by atoms with Crippen molar-refractivity contribution in [3.05, 3.63) is 42.5 Å². The lowest BCUT2D eigenvalue weighted by Crippen LogP contribution is -2.32. The Morgan fingerprint density at radius 1 is 1.00 bits per heavy atom. The van der Waals surface area contributed by atoms with E-state index in [9.17, 15) is 9.59 Å². The molecular formula is C23H33N5O3. The van der Waals surface area contributed by atoms with Gasteiger partial charge in [-0.1, -0.05) is 40.7 Å². The highest BCUT2D eigenvalue weighted by atomic mass is 16.4. The van der Waals surface area contributed by atoms with Crippen LogP contribution >= 0.6 is 0 Å². The van der Waals surface area contributed by atoms with E-state index in [2.05, 4.69) is 53.2 Å². The minimum atomic E-state index is -0.853. The van der Waals surface area contributed by atoms with Crippen LogP contribution in [0.15, 0.2) is 36.9 Å². The van der Waals surface area contributed by atoms with Crippen molar-refractivity contribution in [3.63, 3.8) is 0 Å². The Morgan fingerprint density at radius 2 is 1.61 bits per heavy atom. The van der Waals surface area contributed by atoms with Crippen LogP contribution in [-0.4, -0.2) is 40.2 Å². The molecular weight excluding hydrogens is 394 g/mol. The summed E-state index contributed by atoms with van der Waals surface area (Å²) in [6.45, 7) is 12.2. The Kier molecular flexibility index (Phi) is 8.78. The van der Waals surface area contributed by atoms with Gasteiger partial charge in [0.1, 0.15) is 6.33 Å². The molecule has 1 heterocycles. The maximum Gasteiger partial charge on any atom is 0.323 e. The summed E-state index contributed by atoms with van der Waals surface area (Å²) in [7, 11) is 0. The Bertz CT molecular complexity index is 861. The predicted molar refractivity (Wildman–Crippen MR) is 124 cm³/mol. The van der Waals surface area contributed by atoms with Crippen LogP contribution in [0.3, 0.4) is 0 Å². The van der Waals surface area contributed by atoms with E-state index in [0.29, 0.717) is 23.2 Å². The molecule has 0 saturated heterocycles. The quantitative estimate of drug-likeness (QED) is 0.502. The number of carboxylic acids is 1. The average Bonchev–Trinajstić information content (AvgIpc) is 2.67. The fourth-order valence-corrected chi connectivity index (χ4v) is 3.42. The normalized spacial score (nSPS) is 12.0. The molecule has 168 valence electrons. The van der Waals surface area contributed by atoms with Gasteiger partial charge in [0.25, 0.3) is 0 Å². The summed E-state index contributed by atoms with van der Waals surface area (Å²) in [6.07, 6.45) is 4.45. The molecule has 0 saturated carbocycles. The van der Waals surface area contributed by atoms with Gasteiger partial charge < -0.3 is 20.6 Å². The molecule has 2 amide bonds. The molecule has 0 aliphatic carbocycles. The third kappa shape index (κ3) is 7.88. The zero-order valence-electron chi connectivity index (χ0n) is 18.9. The molecule has 0 radical (unpaired) electrons. The average molecular weight is 428 g/mol. The highest BCUT2D eigenvalue weighted by Gasteiger charge is 2.19. The number of nitrogens with zero attached hydrogens (tertiary/aromatic N) is 3. The largest absolute Gasteiger partial charge is 0.481 e.